The summed E-state index contributed by atoms with van der Waals surface area (Å²) in [7, 11) is 0. The number of rotatable bonds is 5. The molecule has 0 bridgehead atoms. The highest BCUT2D eigenvalue weighted by atomic mass is 35.5. The Bertz CT molecular complexity index is 128. The lowest BCUT2D eigenvalue weighted by molar-refractivity contribution is 0.906. The lowest BCUT2D eigenvalue weighted by Gasteiger charge is -1.94. The smallest absolute Gasteiger partial charge is 0.0226 e. The van der Waals surface area contributed by atoms with Gasteiger partial charge in [0.05, 0.1) is 0 Å². The lowest BCUT2D eigenvalue weighted by atomic mass is 10.1. The van der Waals surface area contributed by atoms with Crippen LogP contribution < -0.4 is 0 Å². The fourth-order valence-corrected chi connectivity index (χ4v) is 1.07. The highest BCUT2D eigenvalue weighted by Crippen LogP contribution is 2.02. The van der Waals surface area contributed by atoms with Gasteiger partial charge >= 0.3 is 0 Å². The minimum Gasteiger partial charge on any atom is -0.127 e. The number of halogens is 2. The largest absolute Gasteiger partial charge is 0.127 e. The van der Waals surface area contributed by atoms with Gasteiger partial charge in [-0.3, -0.25) is 0 Å². The van der Waals surface area contributed by atoms with E-state index in [1.165, 1.54) is 0 Å². The van der Waals surface area contributed by atoms with Gasteiger partial charge in [0.15, 0.2) is 0 Å². The molecule has 0 aliphatic carbocycles. The number of alkyl halides is 1. The zero-order valence-electron chi connectivity index (χ0n) is 6.76. The third-order valence-corrected chi connectivity index (χ3v) is 1.73. The van der Waals surface area contributed by atoms with Gasteiger partial charge in [-0.15, -0.1) is 11.6 Å². The van der Waals surface area contributed by atoms with Gasteiger partial charge < -0.3 is 0 Å². The zero-order chi connectivity index (χ0) is 8.53. The second kappa shape index (κ2) is 8.16. The fraction of sp³-hybridized carbons (Fsp3) is 0.556. The maximum atomic E-state index is 5.51. The van der Waals surface area contributed by atoms with E-state index in [1.54, 1.807) is 5.54 Å². The number of hydrogen-bond acceptors (Lipinski definition) is 0. The van der Waals surface area contributed by atoms with E-state index in [1.807, 2.05) is 6.08 Å². The van der Waals surface area contributed by atoms with Crippen LogP contribution in [0.2, 0.25) is 0 Å². The molecule has 0 heterocycles. The standard InChI is InChI=1S/C9H14Cl2/c1-9(6-8-11)5-3-2-4-7-10/h3,5-6,8-9H,2,4,7H2,1H3. The van der Waals surface area contributed by atoms with Gasteiger partial charge in [-0.1, -0.05) is 36.8 Å². The van der Waals surface area contributed by atoms with Gasteiger partial charge in [0.2, 0.25) is 0 Å². The predicted octanol–water partition coefficient (Wildman–Crippen LogP) is 3.95. The summed E-state index contributed by atoms with van der Waals surface area (Å²) in [5, 5.41) is 0. The average Bonchev–Trinajstić information content (AvgIpc) is 1.99. The monoisotopic (exact) mass is 192 g/mol. The number of hydrogen-bond donors (Lipinski definition) is 0. The molecule has 0 fully saturated rings. The molecule has 0 saturated heterocycles. The lowest BCUT2D eigenvalue weighted by Crippen LogP contribution is -1.80. The van der Waals surface area contributed by atoms with Crippen molar-refractivity contribution in [1.29, 1.82) is 0 Å². The molecule has 0 aromatic heterocycles. The Morgan fingerprint density at radius 1 is 1.36 bits per heavy atom. The fourth-order valence-electron chi connectivity index (χ4n) is 0.685. The van der Waals surface area contributed by atoms with Crippen LogP contribution in [0.5, 0.6) is 0 Å². The first-order chi connectivity index (χ1) is 5.31. The number of allylic oxidation sites excluding steroid dienone is 3. The van der Waals surface area contributed by atoms with Gasteiger partial charge in [0, 0.05) is 11.4 Å². The van der Waals surface area contributed by atoms with Crippen molar-refractivity contribution in [3.05, 3.63) is 23.8 Å². The van der Waals surface area contributed by atoms with Gasteiger partial charge in [0.25, 0.3) is 0 Å². The summed E-state index contributed by atoms with van der Waals surface area (Å²) < 4.78 is 0. The summed E-state index contributed by atoms with van der Waals surface area (Å²) in [6, 6.07) is 0. The van der Waals surface area contributed by atoms with Crippen LogP contribution in [0.15, 0.2) is 23.8 Å². The molecule has 1 atom stereocenters. The molecule has 1 unspecified atom stereocenters. The molecular formula is C9H14Cl2. The summed E-state index contributed by atoms with van der Waals surface area (Å²) in [6.07, 6.45) is 8.33. The Morgan fingerprint density at radius 3 is 2.64 bits per heavy atom. The van der Waals surface area contributed by atoms with E-state index in [0.29, 0.717) is 5.92 Å². The summed E-state index contributed by atoms with van der Waals surface area (Å²) >= 11 is 10.9. The van der Waals surface area contributed by atoms with Crippen LogP contribution in [0.3, 0.4) is 0 Å². The van der Waals surface area contributed by atoms with E-state index >= 15 is 0 Å². The van der Waals surface area contributed by atoms with E-state index in [0.717, 1.165) is 18.7 Å². The van der Waals surface area contributed by atoms with Crippen molar-refractivity contribution in [3.8, 4) is 0 Å². The molecule has 64 valence electrons. The van der Waals surface area contributed by atoms with Crippen molar-refractivity contribution in [2.45, 2.75) is 19.8 Å². The molecular weight excluding hydrogens is 179 g/mol. The van der Waals surface area contributed by atoms with Crippen LogP contribution >= 0.6 is 23.2 Å². The minimum absolute atomic E-state index is 0.433. The van der Waals surface area contributed by atoms with Gasteiger partial charge in [-0.2, -0.15) is 0 Å². The van der Waals surface area contributed by atoms with Crippen LogP contribution in [0.4, 0.5) is 0 Å². The molecule has 0 aliphatic rings. The summed E-state index contributed by atoms with van der Waals surface area (Å²) in [5.74, 6) is 1.17. The molecule has 0 aromatic rings. The Kier molecular flexibility index (Phi) is 8.20. The Morgan fingerprint density at radius 2 is 2.09 bits per heavy atom. The van der Waals surface area contributed by atoms with Crippen LogP contribution in [-0.2, 0) is 0 Å². The molecule has 0 nitrogen and oxygen atoms in total. The Hall–Kier alpha value is 0.0600. The van der Waals surface area contributed by atoms with E-state index in [9.17, 15) is 0 Å². The van der Waals surface area contributed by atoms with Gasteiger partial charge in [-0.05, 0) is 18.8 Å². The second-order valence-corrected chi connectivity index (χ2v) is 3.07. The summed E-state index contributed by atoms with van der Waals surface area (Å²) in [4.78, 5) is 0. The Balaban J connectivity index is 3.40. The highest BCUT2D eigenvalue weighted by Gasteiger charge is 1.87. The van der Waals surface area contributed by atoms with Crippen molar-refractivity contribution in [2.75, 3.05) is 5.88 Å². The first-order valence-corrected chi connectivity index (χ1v) is 4.78. The molecule has 0 N–H and O–H groups in total. The summed E-state index contributed by atoms with van der Waals surface area (Å²) in [5.41, 5.74) is 1.55. The van der Waals surface area contributed by atoms with Crippen LogP contribution in [-0.4, -0.2) is 5.88 Å². The van der Waals surface area contributed by atoms with Gasteiger partial charge in [-0.25, -0.2) is 0 Å². The van der Waals surface area contributed by atoms with Crippen LogP contribution in [0, 0.1) is 5.92 Å². The molecule has 0 amide bonds. The molecule has 2 heteroatoms. The highest BCUT2D eigenvalue weighted by molar-refractivity contribution is 6.25. The van der Waals surface area contributed by atoms with Crippen molar-refractivity contribution >= 4 is 23.2 Å². The third-order valence-electron chi connectivity index (χ3n) is 1.32. The van der Waals surface area contributed by atoms with Gasteiger partial charge in [0.1, 0.15) is 0 Å². The average molecular weight is 193 g/mol. The van der Waals surface area contributed by atoms with E-state index in [-0.39, 0.29) is 0 Å². The van der Waals surface area contributed by atoms with E-state index < -0.39 is 0 Å². The van der Waals surface area contributed by atoms with Crippen molar-refractivity contribution in [2.24, 2.45) is 5.92 Å². The first kappa shape index (κ1) is 11.1. The maximum Gasteiger partial charge on any atom is 0.0226 e. The molecule has 0 radical (unpaired) electrons. The zero-order valence-corrected chi connectivity index (χ0v) is 8.28. The molecule has 0 saturated carbocycles. The van der Waals surface area contributed by atoms with Crippen molar-refractivity contribution < 1.29 is 0 Å². The SMILES string of the molecule is CC(C=CCl)C=CCCCCl. The maximum absolute atomic E-state index is 5.51. The van der Waals surface area contributed by atoms with Crippen LogP contribution in [0.25, 0.3) is 0 Å². The topological polar surface area (TPSA) is 0 Å². The number of unbranched alkanes of at least 4 members (excludes halogenated alkanes) is 1. The predicted molar refractivity (Wildman–Crippen MR) is 53.3 cm³/mol. The van der Waals surface area contributed by atoms with E-state index in [4.69, 9.17) is 23.2 Å². The first-order valence-electron chi connectivity index (χ1n) is 3.80. The molecule has 0 rings (SSSR count). The van der Waals surface area contributed by atoms with Crippen molar-refractivity contribution in [3.63, 3.8) is 0 Å². The van der Waals surface area contributed by atoms with E-state index in [2.05, 4.69) is 19.1 Å². The van der Waals surface area contributed by atoms with Crippen molar-refractivity contribution in [1.82, 2.24) is 0 Å². The van der Waals surface area contributed by atoms with Crippen LogP contribution in [0.1, 0.15) is 19.8 Å². The molecule has 0 aromatic carbocycles. The normalized spacial score (nSPS) is 14.8. The minimum atomic E-state index is 0.433. The third kappa shape index (κ3) is 7.96. The Labute approximate surface area is 78.9 Å². The quantitative estimate of drug-likeness (QED) is 0.352. The summed E-state index contributed by atoms with van der Waals surface area (Å²) in [6.45, 7) is 2.09. The molecule has 11 heavy (non-hydrogen) atoms. The molecule has 0 aliphatic heterocycles. The molecule has 0 spiro atoms. The second-order valence-electron chi connectivity index (χ2n) is 2.44.